The zero-order valence-corrected chi connectivity index (χ0v) is 10.4. The molecule has 5 nitrogen and oxygen atoms in total. The fourth-order valence-electron chi connectivity index (χ4n) is 1.99. The summed E-state index contributed by atoms with van der Waals surface area (Å²) in [6.45, 7) is 0. The number of benzene rings is 1. The van der Waals surface area contributed by atoms with E-state index in [0.29, 0.717) is 16.6 Å². The molecule has 0 saturated carbocycles. The molecule has 0 fully saturated rings. The second kappa shape index (κ2) is 4.65. The average Bonchev–Trinajstić information content (AvgIpc) is 2.84. The van der Waals surface area contributed by atoms with Crippen LogP contribution < -0.4 is 11.1 Å². The van der Waals surface area contributed by atoms with Crippen molar-refractivity contribution in [3.05, 3.63) is 54.2 Å². The fraction of sp³-hybridized carbons (Fsp3) is 0. The third-order valence-electron chi connectivity index (χ3n) is 2.97. The number of aromatic nitrogens is 2. The van der Waals surface area contributed by atoms with E-state index in [9.17, 15) is 9.18 Å². The van der Waals surface area contributed by atoms with Crippen LogP contribution in [0.2, 0.25) is 0 Å². The topological polar surface area (TPSA) is 83.8 Å². The van der Waals surface area contributed by atoms with Crippen LogP contribution >= 0.6 is 0 Å². The second-order valence-corrected chi connectivity index (χ2v) is 4.32. The Morgan fingerprint density at radius 3 is 3.00 bits per heavy atom. The maximum Gasteiger partial charge on any atom is 0.257 e. The molecule has 0 atom stereocenters. The molecule has 20 heavy (non-hydrogen) atoms. The predicted molar refractivity (Wildman–Crippen MR) is 74.9 cm³/mol. The third-order valence-corrected chi connectivity index (χ3v) is 2.97. The molecule has 1 aromatic carbocycles. The lowest BCUT2D eigenvalue weighted by Gasteiger charge is -2.05. The standard InChI is InChI=1S/C14H11FN4O/c15-11-7-17-4-3-13(11)19-14(20)10-6-18-12-2-1-8(16)5-9(10)12/h1-7,18H,16H2,(H,17,19,20). The quantitative estimate of drug-likeness (QED) is 0.626. The first-order valence-electron chi connectivity index (χ1n) is 5.92. The summed E-state index contributed by atoms with van der Waals surface area (Å²) in [5.41, 5.74) is 7.56. The molecule has 0 spiro atoms. The lowest BCUT2D eigenvalue weighted by molar-refractivity contribution is 0.102. The van der Waals surface area contributed by atoms with Gasteiger partial charge in [-0.25, -0.2) is 4.39 Å². The van der Waals surface area contributed by atoms with E-state index in [1.54, 1.807) is 24.4 Å². The minimum Gasteiger partial charge on any atom is -0.399 e. The summed E-state index contributed by atoms with van der Waals surface area (Å²) in [6.07, 6.45) is 4.02. The first-order chi connectivity index (χ1) is 9.65. The first-order valence-corrected chi connectivity index (χ1v) is 5.92. The van der Waals surface area contributed by atoms with Gasteiger partial charge in [-0.05, 0) is 24.3 Å². The van der Waals surface area contributed by atoms with Gasteiger partial charge in [0.25, 0.3) is 5.91 Å². The Hall–Kier alpha value is -2.89. The SMILES string of the molecule is Nc1ccc2[nH]cc(C(=O)Nc3ccncc3F)c2c1. The molecule has 0 saturated heterocycles. The number of rotatable bonds is 2. The highest BCUT2D eigenvalue weighted by Crippen LogP contribution is 2.22. The van der Waals surface area contributed by atoms with E-state index in [2.05, 4.69) is 15.3 Å². The van der Waals surface area contributed by atoms with E-state index in [-0.39, 0.29) is 5.69 Å². The second-order valence-electron chi connectivity index (χ2n) is 4.32. The average molecular weight is 270 g/mol. The van der Waals surface area contributed by atoms with Crippen LogP contribution in [0.15, 0.2) is 42.9 Å². The van der Waals surface area contributed by atoms with Gasteiger partial charge in [-0.3, -0.25) is 9.78 Å². The van der Waals surface area contributed by atoms with Gasteiger partial charge in [0.1, 0.15) is 0 Å². The van der Waals surface area contributed by atoms with Crippen LogP contribution in [0, 0.1) is 5.82 Å². The highest BCUT2D eigenvalue weighted by atomic mass is 19.1. The number of halogens is 1. The van der Waals surface area contributed by atoms with Crippen LogP contribution in [0.3, 0.4) is 0 Å². The third kappa shape index (κ3) is 2.07. The first kappa shape index (κ1) is 12.2. The molecule has 2 heterocycles. The maximum atomic E-state index is 13.5. The van der Waals surface area contributed by atoms with Crippen molar-refractivity contribution in [2.24, 2.45) is 0 Å². The minimum atomic E-state index is -0.583. The van der Waals surface area contributed by atoms with Gasteiger partial charge in [0.15, 0.2) is 5.82 Å². The summed E-state index contributed by atoms with van der Waals surface area (Å²) in [4.78, 5) is 18.8. The molecule has 100 valence electrons. The van der Waals surface area contributed by atoms with E-state index in [0.717, 1.165) is 11.7 Å². The molecule has 3 rings (SSSR count). The zero-order chi connectivity index (χ0) is 14.1. The molecule has 4 N–H and O–H groups in total. The largest absolute Gasteiger partial charge is 0.399 e. The fourth-order valence-corrected chi connectivity index (χ4v) is 1.99. The summed E-state index contributed by atoms with van der Waals surface area (Å²) in [5.74, 6) is -0.993. The number of aromatic amines is 1. The van der Waals surface area contributed by atoms with Crippen LogP contribution in [-0.2, 0) is 0 Å². The molecule has 0 aliphatic rings. The Kier molecular flexibility index (Phi) is 2.83. The van der Waals surface area contributed by atoms with Gasteiger partial charge in [-0.2, -0.15) is 0 Å². The van der Waals surface area contributed by atoms with E-state index in [4.69, 9.17) is 5.73 Å². The summed E-state index contributed by atoms with van der Waals surface area (Å²) in [6, 6.07) is 6.62. The number of hydrogen-bond donors (Lipinski definition) is 3. The number of anilines is 2. The number of nitrogens with zero attached hydrogens (tertiary/aromatic N) is 1. The highest BCUT2D eigenvalue weighted by Gasteiger charge is 2.14. The van der Waals surface area contributed by atoms with Gasteiger partial charge in [0.2, 0.25) is 0 Å². The van der Waals surface area contributed by atoms with Gasteiger partial charge in [-0.15, -0.1) is 0 Å². The van der Waals surface area contributed by atoms with Crippen molar-refractivity contribution in [1.29, 1.82) is 0 Å². The van der Waals surface area contributed by atoms with E-state index >= 15 is 0 Å². The Morgan fingerprint density at radius 2 is 2.20 bits per heavy atom. The van der Waals surface area contributed by atoms with Gasteiger partial charge in [-0.1, -0.05) is 0 Å². The molecule has 0 aliphatic heterocycles. The van der Waals surface area contributed by atoms with Crippen LogP contribution in [0.25, 0.3) is 10.9 Å². The molecule has 0 aliphatic carbocycles. The number of nitrogens with one attached hydrogen (secondary N) is 2. The smallest absolute Gasteiger partial charge is 0.257 e. The number of fused-ring (bicyclic) bond motifs is 1. The highest BCUT2D eigenvalue weighted by molar-refractivity contribution is 6.13. The Balaban J connectivity index is 1.97. The number of nitrogens with two attached hydrogens (primary N) is 1. The number of H-pyrrole nitrogens is 1. The molecule has 0 bridgehead atoms. The number of carbonyl (C=O) groups excluding carboxylic acids is 1. The molecular weight excluding hydrogens is 259 g/mol. The Morgan fingerprint density at radius 1 is 1.35 bits per heavy atom. The van der Waals surface area contributed by atoms with Crippen molar-refractivity contribution < 1.29 is 9.18 Å². The Bertz CT molecular complexity index is 797. The van der Waals surface area contributed by atoms with Crippen molar-refractivity contribution in [3.8, 4) is 0 Å². The van der Waals surface area contributed by atoms with Crippen molar-refractivity contribution in [2.75, 3.05) is 11.1 Å². The molecule has 6 heteroatoms. The van der Waals surface area contributed by atoms with Crippen molar-refractivity contribution >= 4 is 28.2 Å². The van der Waals surface area contributed by atoms with Crippen molar-refractivity contribution in [2.45, 2.75) is 0 Å². The summed E-state index contributed by atoms with van der Waals surface area (Å²) < 4.78 is 13.5. The van der Waals surface area contributed by atoms with E-state index in [1.165, 1.54) is 12.3 Å². The number of hydrogen-bond acceptors (Lipinski definition) is 3. The molecule has 0 unspecified atom stereocenters. The Labute approximate surface area is 113 Å². The van der Waals surface area contributed by atoms with Gasteiger partial charge < -0.3 is 16.0 Å². The molecule has 1 amide bonds. The predicted octanol–water partition coefficient (Wildman–Crippen LogP) is 2.54. The lowest BCUT2D eigenvalue weighted by Crippen LogP contribution is -2.12. The molecule has 3 aromatic rings. The van der Waals surface area contributed by atoms with E-state index in [1.807, 2.05) is 0 Å². The van der Waals surface area contributed by atoms with Gasteiger partial charge in [0, 0.05) is 29.0 Å². The maximum absolute atomic E-state index is 13.5. The van der Waals surface area contributed by atoms with E-state index < -0.39 is 11.7 Å². The summed E-state index contributed by atoms with van der Waals surface area (Å²) in [5, 5.41) is 3.20. The van der Waals surface area contributed by atoms with Gasteiger partial charge in [0.05, 0.1) is 17.4 Å². The van der Waals surface area contributed by atoms with Crippen LogP contribution in [0.1, 0.15) is 10.4 Å². The van der Waals surface area contributed by atoms with Gasteiger partial charge >= 0.3 is 0 Å². The van der Waals surface area contributed by atoms with Crippen LogP contribution in [0.4, 0.5) is 15.8 Å². The number of nitrogen functional groups attached to an aromatic ring is 1. The number of amides is 1. The molecular formula is C14H11FN4O. The molecule has 0 radical (unpaired) electrons. The summed E-state index contributed by atoms with van der Waals surface area (Å²) in [7, 11) is 0. The summed E-state index contributed by atoms with van der Waals surface area (Å²) >= 11 is 0. The van der Waals surface area contributed by atoms with Crippen LogP contribution in [0.5, 0.6) is 0 Å². The minimum absolute atomic E-state index is 0.0863. The monoisotopic (exact) mass is 270 g/mol. The van der Waals surface area contributed by atoms with Crippen LogP contribution in [-0.4, -0.2) is 15.9 Å². The zero-order valence-electron chi connectivity index (χ0n) is 10.4. The number of pyridine rings is 1. The normalized spacial score (nSPS) is 10.7. The number of carbonyl (C=O) groups is 1. The lowest BCUT2D eigenvalue weighted by atomic mass is 10.1. The molecule has 2 aromatic heterocycles. The van der Waals surface area contributed by atoms with Crippen molar-refractivity contribution in [3.63, 3.8) is 0 Å². The van der Waals surface area contributed by atoms with Crippen molar-refractivity contribution in [1.82, 2.24) is 9.97 Å².